The van der Waals surface area contributed by atoms with Crippen LogP contribution in [0.2, 0.25) is 5.15 Å². The Morgan fingerprint density at radius 2 is 1.80 bits per heavy atom. The third-order valence-corrected chi connectivity index (χ3v) is 3.43. The first-order valence-electron chi connectivity index (χ1n) is 7.79. The van der Waals surface area contributed by atoms with Crippen LogP contribution in [0.15, 0.2) is 18.2 Å². The average Bonchev–Trinajstić information content (AvgIpc) is 2.56. The summed E-state index contributed by atoms with van der Waals surface area (Å²) in [5, 5.41) is 5.50. The van der Waals surface area contributed by atoms with E-state index >= 15 is 0 Å². The molecule has 6 nitrogen and oxygen atoms in total. The van der Waals surface area contributed by atoms with Crippen molar-refractivity contribution in [2.24, 2.45) is 0 Å². The van der Waals surface area contributed by atoms with Crippen LogP contribution in [-0.2, 0) is 0 Å². The molecule has 2 rings (SSSR count). The molecule has 1 atom stereocenters. The number of rotatable bonds is 7. The van der Waals surface area contributed by atoms with E-state index in [4.69, 9.17) is 11.6 Å². The Labute approximate surface area is 148 Å². The second kappa shape index (κ2) is 8.28. The Morgan fingerprint density at radius 1 is 1.08 bits per heavy atom. The number of anilines is 2. The fourth-order valence-corrected chi connectivity index (χ4v) is 2.14. The van der Waals surface area contributed by atoms with Crippen LogP contribution >= 0.6 is 11.6 Å². The normalized spacial score (nSPS) is 12.7. The van der Waals surface area contributed by atoms with Crippen LogP contribution in [0.3, 0.4) is 0 Å². The van der Waals surface area contributed by atoms with E-state index in [-0.39, 0.29) is 29.3 Å². The summed E-state index contributed by atoms with van der Waals surface area (Å²) in [6.45, 7) is 3.95. The standard InChI is InChI=1S/C15H18ClF3N6/c1-3-8-20-13-23-12(9-6-5-7-11(16)21-9)24-14(25-13)22-10(4-2)15(17,18)19/h5-7,10H,3-4,8H2,1-2H3,(H2,20,22,23,24,25). The van der Waals surface area contributed by atoms with Crippen LogP contribution in [0.25, 0.3) is 11.5 Å². The van der Waals surface area contributed by atoms with Crippen molar-refractivity contribution in [1.82, 2.24) is 19.9 Å². The molecule has 0 aliphatic rings. The Hall–Kier alpha value is -2.16. The summed E-state index contributed by atoms with van der Waals surface area (Å²) < 4.78 is 39.0. The van der Waals surface area contributed by atoms with Gasteiger partial charge in [0.2, 0.25) is 11.9 Å². The third-order valence-electron chi connectivity index (χ3n) is 3.22. The van der Waals surface area contributed by atoms with Gasteiger partial charge in [0.15, 0.2) is 5.82 Å². The lowest BCUT2D eigenvalue weighted by Gasteiger charge is -2.20. The average molecular weight is 375 g/mol. The van der Waals surface area contributed by atoms with Gasteiger partial charge in [-0.25, -0.2) is 4.98 Å². The van der Waals surface area contributed by atoms with E-state index in [1.54, 1.807) is 18.2 Å². The van der Waals surface area contributed by atoms with E-state index < -0.39 is 12.2 Å². The second-order valence-corrected chi connectivity index (χ2v) is 5.61. The minimum Gasteiger partial charge on any atom is -0.354 e. The predicted octanol–water partition coefficient (Wildman–Crippen LogP) is 4.16. The summed E-state index contributed by atoms with van der Waals surface area (Å²) >= 11 is 5.86. The van der Waals surface area contributed by atoms with E-state index in [9.17, 15) is 13.2 Å². The molecule has 10 heteroatoms. The summed E-state index contributed by atoms with van der Waals surface area (Å²) in [5.74, 6) is 0.137. The molecule has 2 aromatic heterocycles. The molecule has 25 heavy (non-hydrogen) atoms. The van der Waals surface area contributed by atoms with Gasteiger partial charge >= 0.3 is 6.18 Å². The Balaban J connectivity index is 2.39. The van der Waals surface area contributed by atoms with Crippen LogP contribution in [-0.4, -0.2) is 38.7 Å². The van der Waals surface area contributed by atoms with E-state index in [1.807, 2.05) is 6.92 Å². The number of aromatic nitrogens is 4. The maximum atomic E-state index is 13.0. The third kappa shape index (κ3) is 5.42. The molecule has 0 aliphatic heterocycles. The van der Waals surface area contributed by atoms with Crippen molar-refractivity contribution in [2.75, 3.05) is 17.2 Å². The fourth-order valence-electron chi connectivity index (χ4n) is 1.97. The molecule has 0 radical (unpaired) electrons. The van der Waals surface area contributed by atoms with E-state index in [0.29, 0.717) is 12.2 Å². The molecule has 2 aromatic rings. The molecule has 136 valence electrons. The van der Waals surface area contributed by atoms with Crippen LogP contribution < -0.4 is 10.6 Å². The first-order valence-corrected chi connectivity index (χ1v) is 8.17. The van der Waals surface area contributed by atoms with Gasteiger partial charge in [-0.05, 0) is 25.0 Å². The molecule has 0 amide bonds. The molecule has 0 aromatic carbocycles. The number of pyridine rings is 1. The van der Waals surface area contributed by atoms with Crippen molar-refractivity contribution in [3.63, 3.8) is 0 Å². The van der Waals surface area contributed by atoms with E-state index in [2.05, 4.69) is 30.6 Å². The van der Waals surface area contributed by atoms with E-state index in [1.165, 1.54) is 6.92 Å². The molecule has 0 spiro atoms. The Bertz CT molecular complexity index is 710. The lowest BCUT2D eigenvalue weighted by molar-refractivity contribution is -0.143. The quantitative estimate of drug-likeness (QED) is 0.709. The zero-order valence-corrected chi connectivity index (χ0v) is 14.5. The predicted molar refractivity (Wildman–Crippen MR) is 90.6 cm³/mol. The van der Waals surface area contributed by atoms with Gasteiger partial charge in [-0.2, -0.15) is 28.1 Å². The lowest BCUT2D eigenvalue weighted by atomic mass is 10.2. The van der Waals surface area contributed by atoms with Crippen molar-refractivity contribution in [3.05, 3.63) is 23.4 Å². The highest BCUT2D eigenvalue weighted by molar-refractivity contribution is 6.29. The molecule has 0 saturated carbocycles. The van der Waals surface area contributed by atoms with Gasteiger partial charge in [-0.3, -0.25) is 0 Å². The highest BCUT2D eigenvalue weighted by Crippen LogP contribution is 2.26. The van der Waals surface area contributed by atoms with Crippen LogP contribution in [0, 0.1) is 0 Å². The zero-order chi connectivity index (χ0) is 18.4. The van der Waals surface area contributed by atoms with Crippen molar-refractivity contribution < 1.29 is 13.2 Å². The summed E-state index contributed by atoms with van der Waals surface area (Å²) in [7, 11) is 0. The molecule has 0 aliphatic carbocycles. The van der Waals surface area contributed by atoms with Crippen LogP contribution in [0.4, 0.5) is 25.1 Å². The highest BCUT2D eigenvalue weighted by Gasteiger charge is 2.38. The zero-order valence-electron chi connectivity index (χ0n) is 13.7. The van der Waals surface area contributed by atoms with Gasteiger partial charge in [0.25, 0.3) is 0 Å². The minimum absolute atomic E-state index is 0.135. The molecule has 0 fully saturated rings. The molecular weight excluding hydrogens is 357 g/mol. The smallest absolute Gasteiger partial charge is 0.354 e. The molecule has 2 heterocycles. The number of nitrogens with one attached hydrogen (secondary N) is 2. The number of nitrogens with zero attached hydrogens (tertiary/aromatic N) is 4. The van der Waals surface area contributed by atoms with Gasteiger partial charge in [0.1, 0.15) is 16.9 Å². The first-order chi connectivity index (χ1) is 11.8. The van der Waals surface area contributed by atoms with Gasteiger partial charge in [-0.1, -0.05) is 31.5 Å². The number of hydrogen-bond donors (Lipinski definition) is 2. The highest BCUT2D eigenvalue weighted by atomic mass is 35.5. The maximum Gasteiger partial charge on any atom is 0.408 e. The largest absolute Gasteiger partial charge is 0.408 e. The minimum atomic E-state index is -4.41. The summed E-state index contributed by atoms with van der Waals surface area (Å²) in [5.41, 5.74) is 0.345. The molecule has 2 N–H and O–H groups in total. The monoisotopic (exact) mass is 374 g/mol. The molecule has 0 bridgehead atoms. The Kier molecular flexibility index (Phi) is 6.35. The van der Waals surface area contributed by atoms with Gasteiger partial charge in [-0.15, -0.1) is 0 Å². The van der Waals surface area contributed by atoms with Crippen LogP contribution in [0.1, 0.15) is 26.7 Å². The van der Waals surface area contributed by atoms with Crippen LogP contribution in [0.5, 0.6) is 0 Å². The number of hydrogen-bond acceptors (Lipinski definition) is 6. The number of alkyl halides is 3. The number of halogens is 4. The Morgan fingerprint density at radius 3 is 2.40 bits per heavy atom. The van der Waals surface area contributed by atoms with Crippen molar-refractivity contribution in [3.8, 4) is 11.5 Å². The van der Waals surface area contributed by atoms with Gasteiger partial charge in [0.05, 0.1) is 0 Å². The molecule has 0 saturated heterocycles. The molecule has 1 unspecified atom stereocenters. The van der Waals surface area contributed by atoms with Gasteiger partial charge < -0.3 is 10.6 Å². The van der Waals surface area contributed by atoms with Crippen molar-refractivity contribution in [2.45, 2.75) is 38.9 Å². The lowest BCUT2D eigenvalue weighted by Crippen LogP contribution is -2.36. The summed E-state index contributed by atoms with van der Waals surface area (Å²) in [6.07, 6.45) is -3.76. The van der Waals surface area contributed by atoms with E-state index in [0.717, 1.165) is 6.42 Å². The summed E-state index contributed by atoms with van der Waals surface area (Å²) in [4.78, 5) is 16.4. The van der Waals surface area contributed by atoms with Crippen molar-refractivity contribution >= 4 is 23.5 Å². The topological polar surface area (TPSA) is 75.6 Å². The first kappa shape index (κ1) is 19.2. The maximum absolute atomic E-state index is 13.0. The summed E-state index contributed by atoms with van der Waals surface area (Å²) in [6, 6.07) is 3.10. The van der Waals surface area contributed by atoms with Crippen molar-refractivity contribution in [1.29, 1.82) is 0 Å². The molecular formula is C15H18ClF3N6. The second-order valence-electron chi connectivity index (χ2n) is 5.23. The van der Waals surface area contributed by atoms with Gasteiger partial charge in [0, 0.05) is 6.54 Å². The SMILES string of the molecule is CCCNc1nc(NC(CC)C(F)(F)F)nc(-c2cccc(Cl)n2)n1. The fraction of sp³-hybridized carbons (Fsp3) is 0.467.